The lowest BCUT2D eigenvalue weighted by Gasteiger charge is -2.12. The quantitative estimate of drug-likeness (QED) is 0.169. The molecular weight excluding hydrogens is 466 g/mol. The molecule has 0 aliphatic rings. The average Bonchev–Trinajstić information content (AvgIpc) is 3.29. The van der Waals surface area contributed by atoms with Crippen LogP contribution in [0.25, 0.3) is 22.5 Å². The molecule has 4 rings (SSSR count). The summed E-state index contributed by atoms with van der Waals surface area (Å²) in [5, 5.41) is 4.07. The topological polar surface area (TPSA) is 56.2 Å². The number of carbonyl (C=O) groups is 1. The van der Waals surface area contributed by atoms with E-state index in [-0.39, 0.29) is 5.91 Å². The number of carbonyl (C=O) groups excluding carboxylic acids is 1. The molecule has 0 fully saturated rings. The van der Waals surface area contributed by atoms with Gasteiger partial charge >= 0.3 is 0 Å². The maximum absolute atomic E-state index is 12.4. The third-order valence-corrected chi connectivity index (χ3v) is 6.98. The van der Waals surface area contributed by atoms with Gasteiger partial charge in [-0.25, -0.2) is 4.98 Å². The number of nitrogens with one attached hydrogen (secondary N) is 1. The standard InChI is InChI=1S/C30H33N3O2S/c1-3-21-33-28(24-14-8-5-9-15-24)27(23-12-6-4-7-13-23)32-30(33)36-22-11-10-20-31-29(34)25-16-18-26(35-2)19-17-25/h4-9,12-19H,3,10-11,20-22H2,1-2H3,(H,31,34). The van der Waals surface area contributed by atoms with Crippen LogP contribution in [0.2, 0.25) is 0 Å². The van der Waals surface area contributed by atoms with Crippen molar-refractivity contribution in [2.75, 3.05) is 19.4 Å². The number of thioether (sulfide) groups is 1. The number of amides is 1. The zero-order valence-electron chi connectivity index (χ0n) is 20.9. The highest BCUT2D eigenvalue weighted by atomic mass is 32.2. The van der Waals surface area contributed by atoms with Crippen molar-refractivity contribution in [3.05, 3.63) is 90.5 Å². The number of ether oxygens (including phenoxy) is 1. The number of benzene rings is 3. The Balaban J connectivity index is 1.40. The van der Waals surface area contributed by atoms with Crippen LogP contribution in [-0.2, 0) is 6.54 Å². The molecule has 0 saturated heterocycles. The molecule has 0 atom stereocenters. The Morgan fingerprint density at radius 1 is 0.917 bits per heavy atom. The molecule has 1 amide bonds. The predicted molar refractivity (Wildman–Crippen MR) is 149 cm³/mol. The van der Waals surface area contributed by atoms with Crippen molar-refractivity contribution in [2.24, 2.45) is 0 Å². The van der Waals surface area contributed by atoms with E-state index in [1.165, 1.54) is 11.3 Å². The zero-order chi connectivity index (χ0) is 25.2. The van der Waals surface area contributed by atoms with Crippen molar-refractivity contribution < 1.29 is 9.53 Å². The molecule has 36 heavy (non-hydrogen) atoms. The van der Waals surface area contributed by atoms with Crippen molar-refractivity contribution in [1.29, 1.82) is 0 Å². The second kappa shape index (κ2) is 13.0. The van der Waals surface area contributed by atoms with Gasteiger partial charge in [0.25, 0.3) is 5.91 Å². The first kappa shape index (κ1) is 25.6. The van der Waals surface area contributed by atoms with Gasteiger partial charge in [0.1, 0.15) is 5.75 Å². The minimum Gasteiger partial charge on any atom is -0.497 e. The van der Waals surface area contributed by atoms with Crippen molar-refractivity contribution in [1.82, 2.24) is 14.9 Å². The Labute approximate surface area is 217 Å². The van der Waals surface area contributed by atoms with Gasteiger partial charge in [-0.15, -0.1) is 0 Å². The SMILES string of the molecule is CCCn1c(SCCCCNC(=O)c2ccc(OC)cc2)nc(-c2ccccc2)c1-c1ccccc1. The average molecular weight is 500 g/mol. The van der Waals surface area contributed by atoms with Crippen LogP contribution in [0.5, 0.6) is 5.75 Å². The van der Waals surface area contributed by atoms with Gasteiger partial charge in [-0.3, -0.25) is 4.79 Å². The summed E-state index contributed by atoms with van der Waals surface area (Å²) in [5.41, 5.74) is 5.18. The number of methoxy groups -OCH3 is 1. The number of nitrogens with zero attached hydrogens (tertiary/aromatic N) is 2. The third kappa shape index (κ3) is 6.38. The van der Waals surface area contributed by atoms with E-state index in [9.17, 15) is 4.79 Å². The van der Waals surface area contributed by atoms with Gasteiger partial charge in [0.05, 0.1) is 18.5 Å². The Morgan fingerprint density at radius 3 is 2.22 bits per heavy atom. The molecule has 0 spiro atoms. The van der Waals surface area contributed by atoms with Crippen LogP contribution in [0.4, 0.5) is 0 Å². The summed E-state index contributed by atoms with van der Waals surface area (Å²) in [4.78, 5) is 17.5. The molecule has 0 radical (unpaired) electrons. The Morgan fingerprint density at radius 2 is 1.58 bits per heavy atom. The normalized spacial score (nSPS) is 10.8. The lowest BCUT2D eigenvalue weighted by Crippen LogP contribution is -2.24. The molecule has 5 nitrogen and oxygen atoms in total. The predicted octanol–water partition coefficient (Wildman–Crippen LogP) is 6.94. The summed E-state index contributed by atoms with van der Waals surface area (Å²) in [7, 11) is 1.62. The molecule has 6 heteroatoms. The van der Waals surface area contributed by atoms with Crippen LogP contribution >= 0.6 is 11.8 Å². The monoisotopic (exact) mass is 499 g/mol. The maximum Gasteiger partial charge on any atom is 0.251 e. The Hall–Kier alpha value is -3.51. The van der Waals surface area contributed by atoms with Crippen LogP contribution in [-0.4, -0.2) is 34.9 Å². The van der Waals surface area contributed by atoms with Crippen LogP contribution < -0.4 is 10.1 Å². The molecule has 3 aromatic carbocycles. The molecule has 1 heterocycles. The van der Waals surface area contributed by atoms with Gasteiger partial charge in [-0.2, -0.15) is 0 Å². The zero-order valence-corrected chi connectivity index (χ0v) is 21.8. The van der Waals surface area contributed by atoms with E-state index in [1.54, 1.807) is 43.1 Å². The third-order valence-electron chi connectivity index (χ3n) is 5.91. The molecule has 0 bridgehead atoms. The van der Waals surface area contributed by atoms with Gasteiger partial charge in [0, 0.05) is 35.5 Å². The first-order valence-electron chi connectivity index (χ1n) is 12.5. The fraction of sp³-hybridized carbons (Fsp3) is 0.267. The summed E-state index contributed by atoms with van der Waals surface area (Å²) in [5.74, 6) is 1.64. The number of unbranched alkanes of at least 4 members (excludes halogenated alkanes) is 1. The van der Waals surface area contributed by atoms with Crippen LogP contribution in [0.1, 0.15) is 36.5 Å². The van der Waals surface area contributed by atoms with E-state index in [1.807, 2.05) is 6.07 Å². The lowest BCUT2D eigenvalue weighted by atomic mass is 10.0. The molecule has 4 aromatic rings. The van der Waals surface area contributed by atoms with Gasteiger partial charge in [-0.05, 0) is 43.5 Å². The Bertz CT molecular complexity index is 1240. The molecule has 1 N–H and O–H groups in total. The number of rotatable bonds is 12. The first-order valence-corrected chi connectivity index (χ1v) is 13.5. The van der Waals surface area contributed by atoms with Crippen molar-refractivity contribution in [3.63, 3.8) is 0 Å². The highest BCUT2D eigenvalue weighted by Gasteiger charge is 2.19. The summed E-state index contributed by atoms with van der Waals surface area (Å²) in [6.07, 6.45) is 2.95. The molecule has 186 valence electrons. The highest BCUT2D eigenvalue weighted by molar-refractivity contribution is 7.99. The van der Waals surface area contributed by atoms with E-state index in [0.717, 1.165) is 53.7 Å². The Kier molecular flexibility index (Phi) is 9.22. The fourth-order valence-corrected chi connectivity index (χ4v) is 5.12. The summed E-state index contributed by atoms with van der Waals surface area (Å²) < 4.78 is 7.52. The lowest BCUT2D eigenvalue weighted by molar-refractivity contribution is 0.0953. The maximum atomic E-state index is 12.4. The van der Waals surface area contributed by atoms with E-state index >= 15 is 0 Å². The van der Waals surface area contributed by atoms with E-state index in [4.69, 9.17) is 9.72 Å². The minimum atomic E-state index is -0.0520. The van der Waals surface area contributed by atoms with E-state index in [2.05, 4.69) is 71.4 Å². The van der Waals surface area contributed by atoms with Crippen LogP contribution in [0, 0.1) is 0 Å². The molecule has 0 saturated carbocycles. The summed E-state index contributed by atoms with van der Waals surface area (Å²) in [6, 6.07) is 28.1. The molecule has 0 unspecified atom stereocenters. The number of hydrogen-bond acceptors (Lipinski definition) is 4. The van der Waals surface area contributed by atoms with Gasteiger partial charge in [0.15, 0.2) is 5.16 Å². The smallest absolute Gasteiger partial charge is 0.251 e. The molecule has 1 aromatic heterocycles. The number of hydrogen-bond donors (Lipinski definition) is 1. The molecule has 0 aliphatic heterocycles. The fourth-order valence-electron chi connectivity index (χ4n) is 4.10. The summed E-state index contributed by atoms with van der Waals surface area (Å²) >= 11 is 1.80. The van der Waals surface area contributed by atoms with Crippen LogP contribution in [0.15, 0.2) is 90.1 Å². The van der Waals surface area contributed by atoms with Crippen molar-refractivity contribution in [3.8, 4) is 28.3 Å². The number of imidazole rings is 1. The van der Waals surface area contributed by atoms with Crippen LogP contribution in [0.3, 0.4) is 0 Å². The second-order valence-corrected chi connectivity index (χ2v) is 9.58. The van der Waals surface area contributed by atoms with Crippen molar-refractivity contribution in [2.45, 2.75) is 37.9 Å². The van der Waals surface area contributed by atoms with E-state index < -0.39 is 0 Å². The first-order chi connectivity index (χ1) is 17.7. The number of aromatic nitrogens is 2. The summed E-state index contributed by atoms with van der Waals surface area (Å²) in [6.45, 7) is 3.78. The van der Waals surface area contributed by atoms with Gasteiger partial charge < -0.3 is 14.6 Å². The molecule has 0 aliphatic carbocycles. The molecular formula is C30H33N3O2S. The van der Waals surface area contributed by atoms with Gasteiger partial charge in [-0.1, -0.05) is 79.3 Å². The highest BCUT2D eigenvalue weighted by Crippen LogP contribution is 2.36. The second-order valence-electron chi connectivity index (χ2n) is 8.52. The van der Waals surface area contributed by atoms with Gasteiger partial charge in [0.2, 0.25) is 0 Å². The van der Waals surface area contributed by atoms with E-state index in [0.29, 0.717) is 12.1 Å². The largest absolute Gasteiger partial charge is 0.497 e. The van der Waals surface area contributed by atoms with Crippen molar-refractivity contribution >= 4 is 17.7 Å². The minimum absolute atomic E-state index is 0.0520.